The van der Waals surface area contributed by atoms with Crippen molar-refractivity contribution in [3.63, 3.8) is 0 Å². The third-order valence-corrected chi connectivity index (χ3v) is 7.47. The Bertz CT molecular complexity index is 1530. The number of nitrogens with zero attached hydrogens (tertiary/aromatic N) is 5. The number of amides is 1. The lowest BCUT2D eigenvalue weighted by Crippen LogP contribution is -2.50. The minimum atomic E-state index is -0.212. The van der Waals surface area contributed by atoms with Crippen LogP contribution in [0.25, 0.3) is 11.0 Å². The Morgan fingerprint density at radius 3 is 2.49 bits per heavy atom. The lowest BCUT2D eigenvalue weighted by atomic mass is 10.0. The summed E-state index contributed by atoms with van der Waals surface area (Å²) in [6.07, 6.45) is 1.61. The number of aryl methyl sites for hydroxylation is 1. The van der Waals surface area contributed by atoms with E-state index in [2.05, 4.69) is 39.3 Å². The fourth-order valence-corrected chi connectivity index (χ4v) is 5.05. The molecule has 41 heavy (non-hydrogen) atoms. The second-order valence-electron chi connectivity index (χ2n) is 11.1. The Morgan fingerprint density at radius 2 is 1.76 bits per heavy atom. The number of benzene rings is 2. The molecule has 10 heteroatoms. The maximum absolute atomic E-state index is 14.2. The average molecular weight is 560 g/mol. The summed E-state index contributed by atoms with van der Waals surface area (Å²) in [5.74, 6) is 2.02. The summed E-state index contributed by atoms with van der Waals surface area (Å²) in [5.41, 5.74) is 3.10. The van der Waals surface area contributed by atoms with Crippen LogP contribution in [0.3, 0.4) is 0 Å². The molecule has 0 unspecified atom stereocenters. The molecule has 1 fully saturated rings. The van der Waals surface area contributed by atoms with E-state index in [0.717, 1.165) is 42.9 Å². The number of ether oxygens (including phenoxy) is 1. The summed E-state index contributed by atoms with van der Waals surface area (Å²) in [4.78, 5) is 26.3. The number of pyridine rings is 1. The van der Waals surface area contributed by atoms with Crippen molar-refractivity contribution in [2.75, 3.05) is 43.4 Å². The van der Waals surface area contributed by atoms with Crippen molar-refractivity contribution < 1.29 is 13.9 Å². The van der Waals surface area contributed by atoms with Gasteiger partial charge in [-0.1, -0.05) is 13.8 Å². The van der Waals surface area contributed by atoms with Crippen molar-refractivity contribution in [2.24, 2.45) is 7.05 Å². The molecule has 9 nitrogen and oxygen atoms in total. The number of imidazole rings is 1. The molecule has 4 aromatic rings. The molecule has 3 heterocycles. The van der Waals surface area contributed by atoms with Crippen LogP contribution in [-0.4, -0.2) is 69.0 Å². The molecule has 1 saturated heterocycles. The largest absolute Gasteiger partial charge is 0.457 e. The first-order valence-electron chi connectivity index (χ1n) is 14.1. The Morgan fingerprint density at radius 1 is 1.00 bits per heavy atom. The summed E-state index contributed by atoms with van der Waals surface area (Å²) in [5, 5.41) is 6.20. The third-order valence-electron chi connectivity index (χ3n) is 7.47. The van der Waals surface area contributed by atoms with Crippen LogP contribution >= 0.6 is 0 Å². The van der Waals surface area contributed by atoms with Gasteiger partial charge in [-0.15, -0.1) is 0 Å². The Balaban J connectivity index is 1.23. The molecule has 1 aliphatic rings. The first-order chi connectivity index (χ1) is 19.7. The Labute approximate surface area is 240 Å². The summed E-state index contributed by atoms with van der Waals surface area (Å²) in [6.45, 7) is 12.3. The zero-order valence-electron chi connectivity index (χ0n) is 24.3. The normalized spacial score (nSPS) is 14.6. The Kier molecular flexibility index (Phi) is 8.51. The highest BCUT2D eigenvalue weighted by atomic mass is 19.1. The fourth-order valence-electron chi connectivity index (χ4n) is 5.05. The number of carbonyl (C=O) groups excluding carboxylic acids is 1. The number of hydrogen-bond acceptors (Lipinski definition) is 7. The number of fused-ring (bicyclic) bond motifs is 1. The van der Waals surface area contributed by atoms with Gasteiger partial charge in [0, 0.05) is 63.3 Å². The molecule has 5 rings (SSSR count). The van der Waals surface area contributed by atoms with Crippen LogP contribution in [0.4, 0.5) is 21.8 Å². The molecule has 0 spiro atoms. The van der Waals surface area contributed by atoms with Gasteiger partial charge in [-0.2, -0.15) is 0 Å². The van der Waals surface area contributed by atoms with Crippen molar-refractivity contribution in [3.8, 4) is 11.5 Å². The lowest BCUT2D eigenvalue weighted by molar-refractivity contribution is -0.117. The minimum Gasteiger partial charge on any atom is -0.457 e. The maximum Gasteiger partial charge on any atom is 0.239 e. The van der Waals surface area contributed by atoms with Gasteiger partial charge in [-0.25, -0.2) is 14.4 Å². The van der Waals surface area contributed by atoms with E-state index in [9.17, 15) is 9.18 Å². The van der Waals surface area contributed by atoms with E-state index in [0.29, 0.717) is 41.4 Å². The molecule has 2 N–H and O–H groups in total. The fraction of sp³-hybridized carbons (Fsp3) is 0.387. The summed E-state index contributed by atoms with van der Waals surface area (Å²) in [7, 11) is 1.92. The van der Waals surface area contributed by atoms with Crippen LogP contribution < -0.4 is 15.4 Å². The zero-order chi connectivity index (χ0) is 29.1. The molecular formula is C31H38FN7O2. The number of aromatic nitrogens is 3. The second-order valence-corrected chi connectivity index (χ2v) is 11.1. The van der Waals surface area contributed by atoms with Crippen LogP contribution in [0.2, 0.25) is 0 Å². The minimum absolute atomic E-state index is 0.0737. The van der Waals surface area contributed by atoms with Crippen molar-refractivity contribution in [3.05, 3.63) is 66.1 Å². The number of rotatable bonds is 9. The predicted octanol–water partition coefficient (Wildman–Crippen LogP) is 5.73. The third kappa shape index (κ3) is 6.83. The lowest BCUT2D eigenvalue weighted by Gasteiger charge is -2.36. The van der Waals surface area contributed by atoms with Gasteiger partial charge < -0.3 is 19.9 Å². The molecule has 0 saturated carbocycles. The zero-order valence-corrected chi connectivity index (χ0v) is 24.3. The molecule has 2 aromatic heterocycles. The highest BCUT2D eigenvalue weighted by Gasteiger charge is 2.20. The highest BCUT2D eigenvalue weighted by Crippen LogP contribution is 2.30. The van der Waals surface area contributed by atoms with Gasteiger partial charge in [-0.3, -0.25) is 14.6 Å². The van der Waals surface area contributed by atoms with Crippen molar-refractivity contribution in [1.29, 1.82) is 0 Å². The summed E-state index contributed by atoms with van der Waals surface area (Å²) in [6, 6.07) is 14.7. The van der Waals surface area contributed by atoms with Crippen molar-refractivity contribution in [2.45, 2.75) is 39.7 Å². The standard InChI is InChI=1S/C31H38FN7O2/c1-20(2)25-16-22(6-8-26(25)32)34-31-35-27-17-23(7-9-28(27)37(31)5)41-24-10-11-33-29(18-24)36-30(40)19-38-12-14-39(15-13-38)21(3)4/h6-11,16-18,20-21H,12-15,19H2,1-5H3,(H,34,35)(H,33,36,40). The first kappa shape index (κ1) is 28.5. The smallest absolute Gasteiger partial charge is 0.239 e. The quantitative estimate of drug-likeness (QED) is 0.271. The summed E-state index contributed by atoms with van der Waals surface area (Å²) < 4.78 is 22.2. The number of nitrogens with one attached hydrogen (secondary N) is 2. The first-order valence-corrected chi connectivity index (χ1v) is 14.1. The predicted molar refractivity (Wildman–Crippen MR) is 161 cm³/mol. The van der Waals surface area contributed by atoms with E-state index in [1.165, 1.54) is 6.07 Å². The molecule has 2 aromatic carbocycles. The van der Waals surface area contributed by atoms with Crippen LogP contribution in [0.15, 0.2) is 54.7 Å². The molecule has 0 atom stereocenters. The number of piperazine rings is 1. The highest BCUT2D eigenvalue weighted by molar-refractivity contribution is 5.91. The molecule has 0 bridgehead atoms. The van der Waals surface area contributed by atoms with Gasteiger partial charge in [0.15, 0.2) is 0 Å². The monoisotopic (exact) mass is 559 g/mol. The Hall–Kier alpha value is -4.02. The van der Waals surface area contributed by atoms with E-state index in [1.807, 2.05) is 49.7 Å². The van der Waals surface area contributed by atoms with E-state index >= 15 is 0 Å². The molecule has 1 amide bonds. The summed E-state index contributed by atoms with van der Waals surface area (Å²) >= 11 is 0. The molecular weight excluding hydrogens is 521 g/mol. The number of carbonyl (C=O) groups is 1. The van der Waals surface area contributed by atoms with E-state index in [-0.39, 0.29) is 17.6 Å². The van der Waals surface area contributed by atoms with Gasteiger partial charge in [0.05, 0.1) is 17.6 Å². The van der Waals surface area contributed by atoms with Gasteiger partial charge >= 0.3 is 0 Å². The van der Waals surface area contributed by atoms with Crippen LogP contribution in [0, 0.1) is 5.82 Å². The average Bonchev–Trinajstić information content (AvgIpc) is 3.24. The van der Waals surface area contributed by atoms with E-state index in [1.54, 1.807) is 24.4 Å². The maximum atomic E-state index is 14.2. The number of halogens is 1. The van der Waals surface area contributed by atoms with Crippen molar-refractivity contribution in [1.82, 2.24) is 24.3 Å². The second kappa shape index (κ2) is 12.2. The molecule has 216 valence electrons. The van der Waals surface area contributed by atoms with Gasteiger partial charge in [-0.05, 0) is 61.7 Å². The topological polar surface area (TPSA) is 87.6 Å². The van der Waals surface area contributed by atoms with Crippen molar-refractivity contribution >= 4 is 34.4 Å². The van der Waals surface area contributed by atoms with Crippen LogP contribution in [-0.2, 0) is 11.8 Å². The molecule has 0 aliphatic carbocycles. The SMILES string of the molecule is CC(C)c1cc(Nc2nc3cc(Oc4ccnc(NC(=O)CN5CCN(C(C)C)CC5)c4)ccc3n2C)ccc1F. The van der Waals surface area contributed by atoms with Gasteiger partial charge in [0.2, 0.25) is 11.9 Å². The molecule has 1 aliphatic heterocycles. The number of anilines is 3. The van der Waals surface area contributed by atoms with Gasteiger partial charge in [0.25, 0.3) is 0 Å². The van der Waals surface area contributed by atoms with E-state index in [4.69, 9.17) is 9.72 Å². The molecule has 0 radical (unpaired) electrons. The van der Waals surface area contributed by atoms with Crippen LogP contribution in [0.1, 0.15) is 39.2 Å². The van der Waals surface area contributed by atoms with Gasteiger partial charge in [0.1, 0.15) is 23.1 Å². The number of hydrogen-bond donors (Lipinski definition) is 2. The van der Waals surface area contributed by atoms with Crippen LogP contribution in [0.5, 0.6) is 11.5 Å². The van der Waals surface area contributed by atoms with E-state index < -0.39 is 0 Å².